The number of hydrogen-bond acceptors (Lipinski definition) is 3. The fourth-order valence-electron chi connectivity index (χ4n) is 3.25. The van der Waals surface area contributed by atoms with E-state index in [1.54, 1.807) is 6.92 Å². The van der Waals surface area contributed by atoms with E-state index in [1.807, 2.05) is 0 Å². The Morgan fingerprint density at radius 1 is 0.643 bits per heavy atom. The summed E-state index contributed by atoms with van der Waals surface area (Å²) in [4.78, 5) is 9.27. The summed E-state index contributed by atoms with van der Waals surface area (Å²) in [5.41, 5.74) is 0. The number of quaternary nitrogens is 1. The fourth-order valence-corrected chi connectivity index (χ4v) is 3.25. The van der Waals surface area contributed by atoms with Gasteiger partial charge in [0, 0.05) is 6.61 Å². The van der Waals surface area contributed by atoms with Gasteiger partial charge in [-0.3, -0.25) is 0 Å². The molecular weight excluding hydrogens is 350 g/mol. The number of hydrogen-bond donors (Lipinski definition) is 0. The molecule has 0 N–H and O–H groups in total. The van der Waals surface area contributed by atoms with Crippen molar-refractivity contribution in [1.29, 1.82) is 0 Å². The van der Waals surface area contributed by atoms with Gasteiger partial charge in [-0.05, 0) is 19.8 Å². The first-order valence-electron chi connectivity index (χ1n) is 12.0. The summed E-state index contributed by atoms with van der Waals surface area (Å²) in [6.07, 6.45) is 21.9. The van der Waals surface area contributed by atoms with Crippen LogP contribution in [0.25, 0.3) is 0 Å². The van der Waals surface area contributed by atoms with Gasteiger partial charge in [0.15, 0.2) is 0 Å². The molecule has 0 bridgehead atoms. The first-order chi connectivity index (χ1) is 13.3. The van der Waals surface area contributed by atoms with Crippen molar-refractivity contribution in [2.24, 2.45) is 0 Å². The number of carbonyl (C=O) groups is 1. The van der Waals surface area contributed by atoms with Crippen molar-refractivity contribution in [2.75, 3.05) is 34.3 Å². The number of unbranched alkanes of at least 4 members (excludes halogenated alkanes) is 15. The topological polar surface area (TPSA) is 49.4 Å². The summed E-state index contributed by atoms with van der Waals surface area (Å²) in [5.74, 6) is 0. The van der Waals surface area contributed by atoms with Crippen LogP contribution in [0.2, 0.25) is 0 Å². The van der Waals surface area contributed by atoms with Crippen molar-refractivity contribution in [3.05, 3.63) is 0 Å². The summed E-state index contributed by atoms with van der Waals surface area (Å²) in [6, 6.07) is 0. The molecule has 4 nitrogen and oxygen atoms in total. The van der Waals surface area contributed by atoms with Crippen LogP contribution in [0.4, 0.5) is 4.79 Å². The van der Waals surface area contributed by atoms with E-state index in [2.05, 4.69) is 32.8 Å². The molecule has 0 saturated heterocycles. The molecule has 0 aromatic heterocycles. The van der Waals surface area contributed by atoms with Gasteiger partial charge in [0.25, 0.3) is 6.16 Å². The minimum Gasteiger partial charge on any atom is -0.550 e. The van der Waals surface area contributed by atoms with Crippen molar-refractivity contribution in [3.63, 3.8) is 0 Å². The molecule has 0 saturated carbocycles. The maximum Gasteiger partial charge on any atom is 0.251 e. The van der Waals surface area contributed by atoms with Crippen LogP contribution in [0, 0.1) is 0 Å². The van der Waals surface area contributed by atoms with Crippen molar-refractivity contribution < 1.29 is 19.1 Å². The summed E-state index contributed by atoms with van der Waals surface area (Å²) < 4.78 is 4.97. The lowest BCUT2D eigenvalue weighted by Crippen LogP contribution is -2.35. The van der Waals surface area contributed by atoms with Crippen LogP contribution in [0.15, 0.2) is 0 Å². The monoisotopic (exact) mass is 401 g/mol. The molecule has 170 valence electrons. The molecule has 0 aliphatic rings. The predicted molar refractivity (Wildman–Crippen MR) is 119 cm³/mol. The van der Waals surface area contributed by atoms with Gasteiger partial charge >= 0.3 is 0 Å². The second-order valence-corrected chi connectivity index (χ2v) is 9.00. The van der Waals surface area contributed by atoms with Gasteiger partial charge in [-0.2, -0.15) is 0 Å². The quantitative estimate of drug-likeness (QED) is 0.153. The van der Waals surface area contributed by atoms with Crippen molar-refractivity contribution in [3.8, 4) is 0 Å². The molecule has 0 fully saturated rings. The third kappa shape index (κ3) is 32.9. The lowest BCUT2D eigenvalue weighted by atomic mass is 10.0. The zero-order valence-corrected chi connectivity index (χ0v) is 19.9. The van der Waals surface area contributed by atoms with Gasteiger partial charge in [-0.25, -0.2) is 0 Å². The lowest BCUT2D eigenvalue weighted by Gasteiger charge is -2.23. The normalized spacial score (nSPS) is 11.0. The first kappa shape index (κ1) is 29.4. The molecule has 0 rings (SSSR count). The number of carboxylic acid groups (broad SMARTS) is 1. The Hall–Kier alpha value is -0.770. The summed E-state index contributed by atoms with van der Waals surface area (Å²) in [6.45, 7) is 5.38. The summed E-state index contributed by atoms with van der Waals surface area (Å²) in [5, 5.41) is 9.27. The number of carbonyl (C=O) groups excluding carboxylic acids is 1. The van der Waals surface area contributed by atoms with Gasteiger partial charge in [-0.1, -0.05) is 96.8 Å². The van der Waals surface area contributed by atoms with Crippen LogP contribution in [0.5, 0.6) is 0 Å². The standard InChI is InChI=1S/C21H46N.C3H6O3/c1-5-6-7-8-9-10-11-12-13-14-15-16-17-18-19-20-21-22(2,3)4;1-2-6-3(4)5/h5-21H2,1-4H3;2H2,1H3,(H,4,5)/q+1;/p-1. The van der Waals surface area contributed by atoms with E-state index < -0.39 is 6.16 Å². The first-order valence-corrected chi connectivity index (χ1v) is 12.0. The molecule has 0 aromatic rings. The average Bonchev–Trinajstić information content (AvgIpc) is 2.61. The van der Waals surface area contributed by atoms with E-state index in [0.29, 0.717) is 0 Å². The highest BCUT2D eigenvalue weighted by atomic mass is 16.7. The van der Waals surface area contributed by atoms with Crippen LogP contribution in [0.1, 0.15) is 117 Å². The Morgan fingerprint density at radius 2 is 0.964 bits per heavy atom. The Bertz CT molecular complexity index is 313. The molecular formula is C24H51NO3. The van der Waals surface area contributed by atoms with Gasteiger partial charge in [0.2, 0.25) is 0 Å². The van der Waals surface area contributed by atoms with Gasteiger partial charge in [0.1, 0.15) is 0 Å². The third-order valence-electron chi connectivity index (χ3n) is 4.94. The van der Waals surface area contributed by atoms with Gasteiger partial charge in [0.05, 0.1) is 27.7 Å². The number of nitrogens with zero attached hydrogens (tertiary/aromatic N) is 1. The molecule has 0 heterocycles. The molecule has 0 amide bonds. The second kappa shape index (κ2) is 22.5. The maximum atomic E-state index is 9.27. The van der Waals surface area contributed by atoms with E-state index in [1.165, 1.54) is 109 Å². The van der Waals surface area contributed by atoms with E-state index in [-0.39, 0.29) is 6.61 Å². The van der Waals surface area contributed by atoms with Crippen LogP contribution in [-0.4, -0.2) is 44.9 Å². The van der Waals surface area contributed by atoms with Crippen LogP contribution in [-0.2, 0) is 4.74 Å². The Morgan fingerprint density at radius 3 is 1.18 bits per heavy atom. The summed E-state index contributed by atoms with van der Waals surface area (Å²) >= 11 is 0. The zero-order valence-electron chi connectivity index (χ0n) is 19.9. The highest BCUT2D eigenvalue weighted by Crippen LogP contribution is 2.13. The highest BCUT2D eigenvalue weighted by molar-refractivity contribution is 5.53. The number of rotatable bonds is 18. The predicted octanol–water partition coefficient (Wildman–Crippen LogP) is 6.32. The van der Waals surface area contributed by atoms with E-state index in [4.69, 9.17) is 0 Å². The molecule has 0 atom stereocenters. The SMILES string of the molecule is CCCCCCCCCCCCCCCCCC[N+](C)(C)C.CCOC(=O)[O-]. The molecule has 28 heavy (non-hydrogen) atoms. The van der Waals surface area contributed by atoms with Crippen molar-refractivity contribution in [2.45, 2.75) is 117 Å². The zero-order chi connectivity index (χ0) is 21.5. The molecule has 0 unspecified atom stereocenters. The molecule has 0 aliphatic heterocycles. The van der Waals surface area contributed by atoms with E-state index >= 15 is 0 Å². The largest absolute Gasteiger partial charge is 0.550 e. The third-order valence-corrected chi connectivity index (χ3v) is 4.94. The highest BCUT2D eigenvalue weighted by Gasteiger charge is 2.04. The molecule has 0 radical (unpaired) electrons. The van der Waals surface area contributed by atoms with Crippen LogP contribution >= 0.6 is 0 Å². The van der Waals surface area contributed by atoms with Crippen molar-refractivity contribution in [1.82, 2.24) is 0 Å². The minimum absolute atomic E-state index is 0.169. The van der Waals surface area contributed by atoms with Gasteiger partial charge in [-0.15, -0.1) is 0 Å². The summed E-state index contributed by atoms with van der Waals surface area (Å²) in [7, 11) is 6.89. The Labute approximate surface area is 176 Å². The Kier molecular flexibility index (Phi) is 23.7. The molecule has 0 aliphatic carbocycles. The molecule has 0 aromatic carbocycles. The van der Waals surface area contributed by atoms with Crippen LogP contribution < -0.4 is 5.11 Å². The van der Waals surface area contributed by atoms with Gasteiger partial charge < -0.3 is 19.1 Å². The lowest BCUT2D eigenvalue weighted by molar-refractivity contribution is -0.870. The van der Waals surface area contributed by atoms with E-state index in [0.717, 1.165) is 4.48 Å². The Balaban J connectivity index is 0. The smallest absolute Gasteiger partial charge is 0.251 e. The molecule has 0 spiro atoms. The maximum absolute atomic E-state index is 9.27. The minimum atomic E-state index is -1.46. The fraction of sp³-hybridized carbons (Fsp3) is 0.958. The average molecular weight is 402 g/mol. The van der Waals surface area contributed by atoms with E-state index in [9.17, 15) is 9.90 Å². The van der Waals surface area contributed by atoms with Crippen molar-refractivity contribution >= 4 is 6.16 Å². The van der Waals surface area contributed by atoms with Crippen LogP contribution in [0.3, 0.4) is 0 Å². The second-order valence-electron chi connectivity index (χ2n) is 9.00. The number of ether oxygens (including phenoxy) is 1. The molecule has 4 heteroatoms.